The van der Waals surface area contributed by atoms with Gasteiger partial charge in [-0.3, -0.25) is 4.99 Å². The molecular formula is C19H31F2IN4. The third kappa shape index (κ3) is 6.98. The lowest BCUT2D eigenvalue weighted by Gasteiger charge is -2.31. The molecule has 0 amide bonds. The van der Waals surface area contributed by atoms with E-state index < -0.39 is 11.6 Å². The Morgan fingerprint density at radius 3 is 2.58 bits per heavy atom. The summed E-state index contributed by atoms with van der Waals surface area (Å²) in [5.41, 5.74) is 0.427. The first-order valence-corrected chi connectivity index (χ1v) is 9.18. The fourth-order valence-electron chi connectivity index (χ4n) is 3.32. The lowest BCUT2D eigenvalue weighted by molar-refractivity contribution is 0.187. The normalized spacial score (nSPS) is 17.5. The van der Waals surface area contributed by atoms with Gasteiger partial charge in [0.15, 0.2) is 5.96 Å². The highest BCUT2D eigenvalue weighted by molar-refractivity contribution is 14.0. The fourth-order valence-corrected chi connectivity index (χ4v) is 3.32. The number of hydrogen-bond donors (Lipinski definition) is 2. The Balaban J connectivity index is 0.00000338. The number of nitrogens with zero attached hydrogens (tertiary/aromatic N) is 2. The predicted molar refractivity (Wildman–Crippen MR) is 114 cm³/mol. The molecule has 1 atom stereocenters. The van der Waals surface area contributed by atoms with E-state index in [0.717, 1.165) is 31.5 Å². The van der Waals surface area contributed by atoms with E-state index in [1.165, 1.54) is 38.1 Å². The average molecular weight is 480 g/mol. The molecule has 1 heterocycles. The Morgan fingerprint density at radius 1 is 1.31 bits per heavy atom. The monoisotopic (exact) mass is 480 g/mol. The van der Waals surface area contributed by atoms with E-state index >= 15 is 0 Å². The molecule has 7 heteroatoms. The van der Waals surface area contributed by atoms with Crippen molar-refractivity contribution in [3.63, 3.8) is 0 Å². The molecule has 0 aromatic heterocycles. The van der Waals surface area contributed by atoms with Crippen molar-refractivity contribution in [3.8, 4) is 0 Å². The summed E-state index contributed by atoms with van der Waals surface area (Å²) in [5.74, 6) is 0.283. The van der Waals surface area contributed by atoms with Gasteiger partial charge in [-0.2, -0.15) is 0 Å². The minimum atomic E-state index is -0.565. The first-order chi connectivity index (χ1) is 12.0. The van der Waals surface area contributed by atoms with Gasteiger partial charge in [-0.05, 0) is 57.8 Å². The molecule has 0 aliphatic carbocycles. The maximum absolute atomic E-state index is 13.9. The average Bonchev–Trinajstić information content (AvgIpc) is 2.61. The lowest BCUT2D eigenvalue weighted by Crippen LogP contribution is -2.40. The Bertz CT molecular complexity index is 575. The number of aliphatic imine (C=N–C) groups is 1. The van der Waals surface area contributed by atoms with Gasteiger partial charge in [0.25, 0.3) is 0 Å². The number of likely N-dealkylation sites (tertiary alicyclic amines) is 1. The SMILES string of the molecule is CCN1CCC(CCNC(=NC)NC(C)c2ccc(F)cc2F)CC1.I. The smallest absolute Gasteiger partial charge is 0.191 e. The molecule has 148 valence electrons. The highest BCUT2D eigenvalue weighted by Crippen LogP contribution is 2.20. The van der Waals surface area contributed by atoms with Gasteiger partial charge in [0, 0.05) is 25.2 Å². The number of halogens is 3. The zero-order chi connectivity index (χ0) is 18.2. The van der Waals surface area contributed by atoms with Crippen molar-refractivity contribution in [1.29, 1.82) is 0 Å². The Kier molecular flexibility index (Phi) is 10.4. The summed E-state index contributed by atoms with van der Waals surface area (Å²) < 4.78 is 26.9. The standard InChI is InChI=1S/C19H30F2N4.HI/c1-4-25-11-8-15(9-12-25)7-10-23-19(22-3)24-14(2)17-6-5-16(20)13-18(17)21;/h5-6,13-15H,4,7-12H2,1-3H3,(H2,22,23,24);1H. The number of nitrogens with one attached hydrogen (secondary N) is 2. The summed E-state index contributed by atoms with van der Waals surface area (Å²) >= 11 is 0. The minimum absolute atomic E-state index is 0. The Hall–Kier alpha value is -0.960. The van der Waals surface area contributed by atoms with Gasteiger partial charge in [-0.25, -0.2) is 8.78 Å². The van der Waals surface area contributed by atoms with E-state index in [9.17, 15) is 8.78 Å². The fraction of sp³-hybridized carbons (Fsp3) is 0.632. The van der Waals surface area contributed by atoms with Crippen LogP contribution in [0, 0.1) is 17.6 Å². The minimum Gasteiger partial charge on any atom is -0.356 e. The van der Waals surface area contributed by atoms with E-state index in [1.807, 2.05) is 6.92 Å². The van der Waals surface area contributed by atoms with Gasteiger partial charge >= 0.3 is 0 Å². The summed E-state index contributed by atoms with van der Waals surface area (Å²) in [6.45, 7) is 8.41. The summed E-state index contributed by atoms with van der Waals surface area (Å²) in [7, 11) is 1.70. The predicted octanol–water partition coefficient (Wildman–Crippen LogP) is 3.93. The molecule has 1 fully saturated rings. The van der Waals surface area contributed by atoms with Crippen LogP contribution in [0.25, 0.3) is 0 Å². The van der Waals surface area contributed by atoms with Crippen molar-refractivity contribution in [3.05, 3.63) is 35.4 Å². The van der Waals surface area contributed by atoms with Gasteiger partial charge in [-0.15, -0.1) is 24.0 Å². The van der Waals surface area contributed by atoms with Crippen LogP contribution in [0.4, 0.5) is 8.78 Å². The molecule has 0 spiro atoms. The first kappa shape index (κ1) is 23.1. The van der Waals surface area contributed by atoms with Gasteiger partial charge < -0.3 is 15.5 Å². The van der Waals surface area contributed by atoms with Crippen molar-refractivity contribution < 1.29 is 8.78 Å². The van der Waals surface area contributed by atoms with E-state index in [1.54, 1.807) is 7.05 Å². The second-order valence-corrected chi connectivity index (χ2v) is 6.70. The Morgan fingerprint density at radius 2 is 2.00 bits per heavy atom. The van der Waals surface area contributed by atoms with Gasteiger partial charge in [-0.1, -0.05) is 13.0 Å². The maximum Gasteiger partial charge on any atom is 0.191 e. The number of guanidine groups is 1. The molecule has 1 aliphatic rings. The van der Waals surface area contributed by atoms with Crippen LogP contribution in [-0.4, -0.2) is 44.1 Å². The molecule has 2 N–H and O–H groups in total. The molecule has 4 nitrogen and oxygen atoms in total. The van der Waals surface area contributed by atoms with Crippen molar-refractivity contribution in [1.82, 2.24) is 15.5 Å². The second kappa shape index (κ2) is 11.7. The molecule has 1 aromatic carbocycles. The summed E-state index contributed by atoms with van der Waals surface area (Å²) in [6.07, 6.45) is 3.61. The van der Waals surface area contributed by atoms with Crippen LogP contribution in [0.2, 0.25) is 0 Å². The number of rotatable bonds is 6. The van der Waals surface area contributed by atoms with Crippen LogP contribution in [0.15, 0.2) is 23.2 Å². The van der Waals surface area contributed by atoms with E-state index in [0.29, 0.717) is 11.5 Å². The first-order valence-electron chi connectivity index (χ1n) is 9.18. The van der Waals surface area contributed by atoms with Crippen LogP contribution in [0.3, 0.4) is 0 Å². The summed E-state index contributed by atoms with van der Waals surface area (Å²) in [6, 6.07) is 3.36. The number of benzene rings is 1. The van der Waals surface area contributed by atoms with Crippen molar-refractivity contribution in [2.24, 2.45) is 10.9 Å². The van der Waals surface area contributed by atoms with E-state index in [4.69, 9.17) is 0 Å². The molecular weight excluding hydrogens is 449 g/mol. The molecule has 1 unspecified atom stereocenters. The van der Waals surface area contributed by atoms with Gasteiger partial charge in [0.05, 0.1) is 6.04 Å². The van der Waals surface area contributed by atoms with Crippen molar-refractivity contribution in [2.45, 2.75) is 39.2 Å². The lowest BCUT2D eigenvalue weighted by atomic mass is 9.93. The second-order valence-electron chi connectivity index (χ2n) is 6.70. The third-order valence-corrected chi connectivity index (χ3v) is 5.01. The zero-order valence-corrected chi connectivity index (χ0v) is 18.2. The molecule has 1 saturated heterocycles. The van der Waals surface area contributed by atoms with Crippen LogP contribution in [-0.2, 0) is 0 Å². The number of piperidine rings is 1. The highest BCUT2D eigenvalue weighted by Gasteiger charge is 2.18. The van der Waals surface area contributed by atoms with E-state index in [2.05, 4.69) is 27.4 Å². The molecule has 1 aliphatic heterocycles. The van der Waals surface area contributed by atoms with Crippen LogP contribution < -0.4 is 10.6 Å². The topological polar surface area (TPSA) is 39.7 Å². The molecule has 0 radical (unpaired) electrons. The molecule has 2 rings (SSSR count). The van der Waals surface area contributed by atoms with Gasteiger partial charge in [0.1, 0.15) is 11.6 Å². The largest absolute Gasteiger partial charge is 0.356 e. The Labute approximate surface area is 172 Å². The summed E-state index contributed by atoms with van der Waals surface area (Å²) in [5, 5.41) is 6.47. The highest BCUT2D eigenvalue weighted by atomic mass is 127. The van der Waals surface area contributed by atoms with E-state index in [-0.39, 0.29) is 30.0 Å². The zero-order valence-electron chi connectivity index (χ0n) is 15.9. The molecule has 1 aromatic rings. The third-order valence-electron chi connectivity index (χ3n) is 5.01. The van der Waals surface area contributed by atoms with Crippen molar-refractivity contribution >= 4 is 29.9 Å². The maximum atomic E-state index is 13.9. The van der Waals surface area contributed by atoms with Crippen molar-refractivity contribution in [2.75, 3.05) is 33.2 Å². The van der Waals surface area contributed by atoms with Crippen LogP contribution in [0.5, 0.6) is 0 Å². The van der Waals surface area contributed by atoms with Gasteiger partial charge in [0.2, 0.25) is 0 Å². The number of hydrogen-bond acceptors (Lipinski definition) is 2. The van der Waals surface area contributed by atoms with Crippen LogP contribution in [0.1, 0.15) is 44.7 Å². The molecule has 0 saturated carbocycles. The molecule has 26 heavy (non-hydrogen) atoms. The molecule has 0 bridgehead atoms. The quantitative estimate of drug-likeness (QED) is 0.368. The van der Waals surface area contributed by atoms with Crippen LogP contribution >= 0.6 is 24.0 Å². The summed E-state index contributed by atoms with van der Waals surface area (Å²) in [4.78, 5) is 6.69.